The zero-order valence-corrected chi connectivity index (χ0v) is 23.1. The van der Waals surface area contributed by atoms with Crippen LogP contribution < -0.4 is 4.74 Å². The lowest BCUT2D eigenvalue weighted by Gasteiger charge is -2.40. The lowest BCUT2D eigenvalue weighted by atomic mass is 9.80. The Morgan fingerprint density at radius 1 is 0.897 bits per heavy atom. The summed E-state index contributed by atoms with van der Waals surface area (Å²) in [5, 5.41) is 0. The second-order valence-electron chi connectivity index (χ2n) is 10.5. The Labute approximate surface area is 230 Å². The molecule has 2 bridgehead atoms. The summed E-state index contributed by atoms with van der Waals surface area (Å²) >= 11 is 0. The molecule has 3 aliphatic rings. The highest BCUT2D eigenvalue weighted by atomic mass is 32.2. The first kappa shape index (κ1) is 27.6. The molecule has 39 heavy (non-hydrogen) atoms. The van der Waals surface area contributed by atoms with Crippen LogP contribution in [0.15, 0.2) is 59.5 Å². The second kappa shape index (κ2) is 12.5. The van der Waals surface area contributed by atoms with Crippen molar-refractivity contribution in [2.24, 2.45) is 11.8 Å². The van der Waals surface area contributed by atoms with Crippen LogP contribution in [0.4, 0.5) is 0 Å². The third-order valence-electron chi connectivity index (χ3n) is 8.03. The molecule has 2 fully saturated rings. The van der Waals surface area contributed by atoms with Crippen LogP contribution in [0.3, 0.4) is 0 Å². The lowest BCUT2D eigenvalue weighted by molar-refractivity contribution is -0.138. The van der Waals surface area contributed by atoms with Crippen molar-refractivity contribution < 1.29 is 27.5 Å². The Bertz CT molecular complexity index is 1250. The molecule has 2 aromatic carbocycles. The largest absolute Gasteiger partial charge is 0.493 e. The molecule has 0 unspecified atom stereocenters. The highest BCUT2D eigenvalue weighted by Gasteiger charge is 2.36. The third kappa shape index (κ3) is 6.62. The third-order valence-corrected chi connectivity index (χ3v) is 9.84. The summed E-state index contributed by atoms with van der Waals surface area (Å²) in [6.45, 7) is 3.70. The van der Waals surface area contributed by atoms with Gasteiger partial charge >= 0.3 is 0 Å². The maximum Gasteiger partial charge on any atom is 0.243 e. The van der Waals surface area contributed by atoms with E-state index in [0.717, 1.165) is 24.8 Å². The lowest BCUT2D eigenvalue weighted by Crippen LogP contribution is -2.49. The second-order valence-corrected chi connectivity index (χ2v) is 12.5. The van der Waals surface area contributed by atoms with Crippen molar-refractivity contribution in [3.8, 4) is 5.75 Å². The molecule has 0 aliphatic carbocycles. The average Bonchev–Trinajstić information content (AvgIpc) is 2.97. The van der Waals surface area contributed by atoms with Gasteiger partial charge in [-0.1, -0.05) is 36.4 Å². The van der Waals surface area contributed by atoms with Crippen molar-refractivity contribution >= 4 is 21.8 Å². The predicted molar refractivity (Wildman–Crippen MR) is 145 cm³/mol. The summed E-state index contributed by atoms with van der Waals surface area (Å²) in [4.78, 5) is 30.5. The number of sulfonamides is 1. The molecule has 0 aromatic heterocycles. The van der Waals surface area contributed by atoms with Crippen molar-refractivity contribution in [1.82, 2.24) is 14.1 Å². The number of nitrogens with zero attached hydrogens (tertiary/aromatic N) is 3. The maximum absolute atomic E-state index is 13.7. The minimum atomic E-state index is -3.93. The number of rotatable bonds is 4. The Kier molecular flexibility index (Phi) is 8.84. The predicted octanol–water partition coefficient (Wildman–Crippen LogP) is 2.76. The van der Waals surface area contributed by atoms with Gasteiger partial charge in [-0.25, -0.2) is 8.42 Å². The van der Waals surface area contributed by atoms with Crippen LogP contribution in [0.5, 0.6) is 5.75 Å². The molecule has 3 aliphatic heterocycles. The van der Waals surface area contributed by atoms with E-state index in [-0.39, 0.29) is 41.6 Å². The zero-order chi connectivity index (χ0) is 27.2. The molecule has 5 rings (SSSR count). The van der Waals surface area contributed by atoms with Crippen LogP contribution in [-0.2, 0) is 30.9 Å². The summed E-state index contributed by atoms with van der Waals surface area (Å²) in [5.41, 5.74) is 0.719. The van der Waals surface area contributed by atoms with Gasteiger partial charge in [-0.2, -0.15) is 4.31 Å². The Morgan fingerprint density at radius 2 is 1.64 bits per heavy atom. The van der Waals surface area contributed by atoms with E-state index in [1.54, 1.807) is 35.2 Å². The van der Waals surface area contributed by atoms with Gasteiger partial charge in [0, 0.05) is 44.7 Å². The molecule has 2 amide bonds. The quantitative estimate of drug-likeness (QED) is 0.576. The summed E-state index contributed by atoms with van der Waals surface area (Å²) in [5.74, 6) is 0.878. The smallest absolute Gasteiger partial charge is 0.243 e. The van der Waals surface area contributed by atoms with Gasteiger partial charge in [0.2, 0.25) is 21.8 Å². The monoisotopic (exact) mass is 555 g/mol. The standard InChI is InChI=1S/C29H37N3O6S/c33-28(30-14-17-37-18-15-30)19-23-12-13-31-20-24(23)8-6-16-38-27-11-5-4-7-25(27)21-32(22-29(31)34)39(35,36)26-9-2-1-3-10-26/h1-5,7,9-11,23-24H,6,8,12-22H2/t23-,24-/m0/s1. The van der Waals surface area contributed by atoms with Gasteiger partial charge in [-0.15, -0.1) is 0 Å². The van der Waals surface area contributed by atoms with Gasteiger partial charge in [0.15, 0.2) is 0 Å². The van der Waals surface area contributed by atoms with E-state index in [4.69, 9.17) is 9.47 Å². The normalized spacial score (nSPS) is 23.5. The Hall–Kier alpha value is -2.95. The number of ether oxygens (including phenoxy) is 2. The summed E-state index contributed by atoms with van der Waals surface area (Å²) in [6.07, 6.45) is 2.80. The van der Waals surface area contributed by atoms with Crippen molar-refractivity contribution in [2.45, 2.75) is 37.1 Å². The van der Waals surface area contributed by atoms with Gasteiger partial charge in [0.05, 0.1) is 31.3 Å². The van der Waals surface area contributed by atoms with E-state index in [2.05, 4.69) is 0 Å². The highest BCUT2D eigenvalue weighted by molar-refractivity contribution is 7.89. The zero-order valence-electron chi connectivity index (χ0n) is 22.2. The maximum atomic E-state index is 13.7. The van der Waals surface area contributed by atoms with Crippen LogP contribution in [0.1, 0.15) is 31.2 Å². The fraction of sp³-hybridized carbons (Fsp3) is 0.517. The van der Waals surface area contributed by atoms with Gasteiger partial charge in [0.1, 0.15) is 5.75 Å². The molecule has 3 heterocycles. The Morgan fingerprint density at radius 3 is 2.44 bits per heavy atom. The molecule has 2 atom stereocenters. The Balaban J connectivity index is 1.38. The topological polar surface area (TPSA) is 96.5 Å². The van der Waals surface area contributed by atoms with Crippen molar-refractivity contribution in [3.05, 3.63) is 60.2 Å². The van der Waals surface area contributed by atoms with Crippen LogP contribution >= 0.6 is 0 Å². The van der Waals surface area contributed by atoms with E-state index in [0.29, 0.717) is 58.2 Å². The van der Waals surface area contributed by atoms with Gasteiger partial charge < -0.3 is 19.3 Å². The van der Waals surface area contributed by atoms with Crippen molar-refractivity contribution in [3.63, 3.8) is 0 Å². The minimum absolute atomic E-state index is 0.0348. The number of benzene rings is 2. The van der Waals surface area contributed by atoms with E-state index in [9.17, 15) is 18.0 Å². The summed E-state index contributed by atoms with van der Waals surface area (Å²) in [7, 11) is -3.93. The average molecular weight is 556 g/mol. The number of para-hydroxylation sites is 1. The molecule has 0 radical (unpaired) electrons. The van der Waals surface area contributed by atoms with E-state index in [1.165, 1.54) is 4.31 Å². The minimum Gasteiger partial charge on any atom is -0.493 e. The molecular formula is C29H37N3O6S. The number of piperidine rings is 1. The molecule has 0 saturated carbocycles. The van der Waals surface area contributed by atoms with E-state index in [1.807, 2.05) is 29.2 Å². The van der Waals surface area contributed by atoms with Gasteiger partial charge in [-0.3, -0.25) is 9.59 Å². The first-order valence-corrected chi connectivity index (χ1v) is 15.2. The summed E-state index contributed by atoms with van der Waals surface area (Å²) in [6, 6.07) is 15.6. The van der Waals surface area contributed by atoms with Crippen LogP contribution in [0.2, 0.25) is 0 Å². The number of amides is 2. The fourth-order valence-corrected chi connectivity index (χ4v) is 7.17. The van der Waals surface area contributed by atoms with Crippen LogP contribution in [0, 0.1) is 11.8 Å². The van der Waals surface area contributed by atoms with Crippen molar-refractivity contribution in [2.75, 3.05) is 52.5 Å². The molecule has 0 N–H and O–H groups in total. The molecule has 2 saturated heterocycles. The number of morpholine rings is 1. The highest BCUT2D eigenvalue weighted by Crippen LogP contribution is 2.32. The number of hydrogen-bond donors (Lipinski definition) is 0. The van der Waals surface area contributed by atoms with Gasteiger partial charge in [0.25, 0.3) is 0 Å². The molecule has 9 nitrogen and oxygen atoms in total. The number of hydrogen-bond acceptors (Lipinski definition) is 6. The number of carbonyl (C=O) groups excluding carboxylic acids is 2. The summed E-state index contributed by atoms with van der Waals surface area (Å²) < 4.78 is 40.2. The van der Waals surface area contributed by atoms with E-state index >= 15 is 0 Å². The molecule has 2 aromatic rings. The molecule has 0 spiro atoms. The first-order valence-electron chi connectivity index (χ1n) is 13.8. The molecule has 10 heteroatoms. The SMILES string of the molecule is O=C(C[C@@H]1CCN2C[C@@H]1CCCOc1ccccc1CN(S(=O)(=O)c1ccccc1)CC2=O)N1CCOCC1. The first-order chi connectivity index (χ1) is 18.9. The number of carbonyl (C=O) groups is 2. The van der Waals surface area contributed by atoms with Gasteiger partial charge in [-0.05, 0) is 49.3 Å². The van der Waals surface area contributed by atoms with Crippen LogP contribution in [0.25, 0.3) is 0 Å². The van der Waals surface area contributed by atoms with E-state index < -0.39 is 10.0 Å². The number of fused-ring (bicyclic) bond motifs is 3. The molecular weight excluding hydrogens is 518 g/mol. The van der Waals surface area contributed by atoms with Crippen molar-refractivity contribution in [1.29, 1.82) is 0 Å². The fourth-order valence-electron chi connectivity index (χ4n) is 5.78. The van der Waals surface area contributed by atoms with Crippen LogP contribution in [-0.4, -0.2) is 86.9 Å². The molecule has 210 valence electrons.